The molecule has 0 radical (unpaired) electrons. The lowest BCUT2D eigenvalue weighted by Gasteiger charge is -2.33. The van der Waals surface area contributed by atoms with E-state index in [2.05, 4.69) is 5.32 Å². The average molecular weight is 495 g/mol. The van der Waals surface area contributed by atoms with Gasteiger partial charge in [-0.2, -0.15) is 0 Å². The number of rotatable bonds is 7. The molecule has 0 saturated heterocycles. The summed E-state index contributed by atoms with van der Waals surface area (Å²) < 4.78 is 25.2. The summed E-state index contributed by atoms with van der Waals surface area (Å²) in [5, 5.41) is 5.06. The van der Waals surface area contributed by atoms with Crippen LogP contribution in [0.4, 0.5) is 10.1 Å². The van der Waals surface area contributed by atoms with Crippen molar-refractivity contribution in [2.75, 3.05) is 18.1 Å². The van der Waals surface area contributed by atoms with Gasteiger partial charge < -0.3 is 14.8 Å². The van der Waals surface area contributed by atoms with E-state index in [1.165, 1.54) is 28.4 Å². The molecular weight excluding hydrogens is 467 g/mol. The molecule has 1 atom stereocenters. The number of thiophene rings is 1. The molecule has 0 unspecified atom stereocenters. The van der Waals surface area contributed by atoms with Crippen LogP contribution in [0, 0.1) is 5.82 Å². The number of anilines is 1. The second-order valence-electron chi connectivity index (χ2n) is 8.79. The van der Waals surface area contributed by atoms with Gasteiger partial charge in [0, 0.05) is 22.7 Å². The van der Waals surface area contributed by atoms with E-state index >= 15 is 0 Å². The monoisotopic (exact) mass is 494 g/mol. The summed E-state index contributed by atoms with van der Waals surface area (Å²) in [6.07, 6.45) is 4.09. The van der Waals surface area contributed by atoms with Crippen LogP contribution in [0.3, 0.4) is 0 Å². The maximum Gasteiger partial charge on any atom is 0.248 e. The Morgan fingerprint density at radius 3 is 2.49 bits per heavy atom. The second-order valence-corrected chi connectivity index (χ2v) is 9.82. The summed E-state index contributed by atoms with van der Waals surface area (Å²) in [4.78, 5) is 30.0. The molecule has 35 heavy (non-hydrogen) atoms. The van der Waals surface area contributed by atoms with Crippen molar-refractivity contribution < 1.29 is 23.5 Å². The van der Waals surface area contributed by atoms with E-state index in [-0.39, 0.29) is 24.3 Å². The number of amides is 2. The van der Waals surface area contributed by atoms with Gasteiger partial charge in [-0.3, -0.25) is 14.5 Å². The van der Waals surface area contributed by atoms with Crippen LogP contribution >= 0.6 is 11.3 Å². The van der Waals surface area contributed by atoms with Gasteiger partial charge in [0.2, 0.25) is 11.8 Å². The first-order valence-corrected chi connectivity index (χ1v) is 12.8. The maximum absolute atomic E-state index is 13.8. The van der Waals surface area contributed by atoms with Crippen molar-refractivity contribution in [3.8, 4) is 11.5 Å². The van der Waals surface area contributed by atoms with Crippen LogP contribution in [0.15, 0.2) is 60.0 Å². The predicted molar refractivity (Wildman–Crippen MR) is 132 cm³/mol. The van der Waals surface area contributed by atoms with E-state index in [1.807, 2.05) is 17.5 Å². The first-order valence-electron chi connectivity index (χ1n) is 11.9. The zero-order valence-corrected chi connectivity index (χ0v) is 20.1. The minimum Gasteiger partial charge on any atom is -0.486 e. The van der Waals surface area contributed by atoms with Crippen LogP contribution in [0.25, 0.3) is 0 Å². The van der Waals surface area contributed by atoms with Crippen molar-refractivity contribution in [2.24, 2.45) is 0 Å². The summed E-state index contributed by atoms with van der Waals surface area (Å²) in [6, 6.07) is 13.9. The summed E-state index contributed by atoms with van der Waals surface area (Å²) in [7, 11) is 0. The molecule has 1 aromatic heterocycles. The summed E-state index contributed by atoms with van der Waals surface area (Å²) in [6.45, 7) is 0.860. The predicted octanol–water partition coefficient (Wildman–Crippen LogP) is 5.03. The van der Waals surface area contributed by atoms with Crippen LogP contribution in [0.1, 0.15) is 42.2 Å². The molecule has 2 heterocycles. The van der Waals surface area contributed by atoms with Gasteiger partial charge in [0.05, 0.1) is 6.42 Å². The zero-order chi connectivity index (χ0) is 24.2. The Bertz CT molecular complexity index is 1180. The lowest BCUT2D eigenvalue weighted by atomic mass is 10.0. The van der Waals surface area contributed by atoms with Gasteiger partial charge >= 0.3 is 0 Å². The molecule has 1 aliphatic heterocycles. The number of benzene rings is 2. The van der Waals surface area contributed by atoms with Crippen molar-refractivity contribution in [1.82, 2.24) is 5.32 Å². The van der Waals surface area contributed by atoms with Gasteiger partial charge in [-0.25, -0.2) is 4.39 Å². The van der Waals surface area contributed by atoms with Crippen LogP contribution in [0.2, 0.25) is 0 Å². The van der Waals surface area contributed by atoms with Crippen molar-refractivity contribution in [3.05, 3.63) is 76.2 Å². The SMILES string of the molecule is O=C(NC1CCCC1)[C@H](c1ccc(F)cc1)N(C(=O)Cc1cccs1)c1ccc2c(c1)OCCO2. The number of hydrogen-bond donors (Lipinski definition) is 1. The maximum atomic E-state index is 13.8. The lowest BCUT2D eigenvalue weighted by Crippen LogP contribution is -2.46. The zero-order valence-electron chi connectivity index (χ0n) is 19.2. The molecule has 1 saturated carbocycles. The Morgan fingerprint density at radius 2 is 1.77 bits per heavy atom. The molecular formula is C27H27FN2O4S. The number of fused-ring (bicyclic) bond motifs is 1. The molecule has 2 aromatic carbocycles. The largest absolute Gasteiger partial charge is 0.486 e. The normalized spacial score (nSPS) is 16.0. The van der Waals surface area contributed by atoms with E-state index in [9.17, 15) is 14.0 Å². The molecule has 8 heteroatoms. The Labute approximate surface area is 207 Å². The third-order valence-electron chi connectivity index (χ3n) is 6.37. The highest BCUT2D eigenvalue weighted by atomic mass is 32.1. The van der Waals surface area contributed by atoms with Gasteiger partial charge in [0.25, 0.3) is 0 Å². The lowest BCUT2D eigenvalue weighted by molar-refractivity contribution is -0.127. The molecule has 2 aliphatic rings. The van der Waals surface area contributed by atoms with E-state index < -0.39 is 11.9 Å². The topological polar surface area (TPSA) is 67.9 Å². The highest BCUT2D eigenvalue weighted by Gasteiger charge is 2.35. The summed E-state index contributed by atoms with van der Waals surface area (Å²) in [5.41, 5.74) is 1.06. The van der Waals surface area contributed by atoms with Crippen LogP contribution in [-0.2, 0) is 16.0 Å². The van der Waals surface area contributed by atoms with Crippen LogP contribution in [0.5, 0.6) is 11.5 Å². The van der Waals surface area contributed by atoms with Gasteiger partial charge in [-0.05, 0) is 54.1 Å². The highest BCUT2D eigenvalue weighted by molar-refractivity contribution is 7.10. The van der Waals surface area contributed by atoms with Crippen LogP contribution in [-0.4, -0.2) is 31.1 Å². The van der Waals surface area contributed by atoms with Gasteiger partial charge in [-0.15, -0.1) is 11.3 Å². The number of nitrogens with zero attached hydrogens (tertiary/aromatic N) is 1. The summed E-state index contributed by atoms with van der Waals surface area (Å²) >= 11 is 1.49. The Morgan fingerprint density at radius 1 is 1.03 bits per heavy atom. The van der Waals surface area contributed by atoms with E-state index in [4.69, 9.17) is 9.47 Å². The Hall–Kier alpha value is -3.39. The van der Waals surface area contributed by atoms with Gasteiger partial charge in [-0.1, -0.05) is 31.0 Å². The fourth-order valence-electron chi connectivity index (χ4n) is 4.68. The Balaban J connectivity index is 1.57. The molecule has 2 amide bonds. The molecule has 5 rings (SSSR count). The van der Waals surface area contributed by atoms with E-state index in [0.717, 1.165) is 30.6 Å². The van der Waals surface area contributed by atoms with Crippen molar-refractivity contribution >= 4 is 28.8 Å². The van der Waals surface area contributed by atoms with Gasteiger partial charge in [0.15, 0.2) is 11.5 Å². The van der Waals surface area contributed by atoms with E-state index in [0.29, 0.717) is 36.0 Å². The summed E-state index contributed by atoms with van der Waals surface area (Å²) in [5.74, 6) is 0.202. The minimum atomic E-state index is -0.966. The first kappa shape index (κ1) is 23.4. The Kier molecular flexibility index (Phi) is 6.99. The smallest absolute Gasteiger partial charge is 0.248 e. The molecule has 182 valence electrons. The third-order valence-corrected chi connectivity index (χ3v) is 7.25. The molecule has 1 N–H and O–H groups in total. The van der Waals surface area contributed by atoms with Crippen LogP contribution < -0.4 is 19.7 Å². The third kappa shape index (κ3) is 5.32. The number of carbonyl (C=O) groups excluding carboxylic acids is 2. The quantitative estimate of drug-likeness (QED) is 0.500. The average Bonchev–Trinajstić information content (AvgIpc) is 3.57. The molecule has 6 nitrogen and oxygen atoms in total. The minimum absolute atomic E-state index is 0.0694. The van der Waals surface area contributed by atoms with Gasteiger partial charge in [0.1, 0.15) is 25.1 Å². The van der Waals surface area contributed by atoms with Crippen molar-refractivity contribution in [1.29, 1.82) is 0 Å². The number of carbonyl (C=O) groups is 2. The highest BCUT2D eigenvalue weighted by Crippen LogP contribution is 2.37. The molecule has 3 aromatic rings. The number of hydrogen-bond acceptors (Lipinski definition) is 5. The molecule has 1 aliphatic carbocycles. The number of halogens is 1. The standard InChI is InChI=1S/C27H27FN2O4S/c28-19-9-7-18(8-10-19)26(27(32)29-20-4-1-2-5-20)30(25(31)17-22-6-3-15-35-22)21-11-12-23-24(16-21)34-14-13-33-23/h3,6-12,15-16,20,26H,1-2,4-5,13-14,17H2,(H,29,32)/t26-/m0/s1. The fraction of sp³-hybridized carbons (Fsp3) is 0.333. The van der Waals surface area contributed by atoms with Crippen molar-refractivity contribution in [3.63, 3.8) is 0 Å². The molecule has 1 fully saturated rings. The first-order chi connectivity index (χ1) is 17.1. The molecule has 0 spiro atoms. The number of nitrogens with one attached hydrogen (secondary N) is 1. The second kappa shape index (κ2) is 10.5. The molecule has 0 bridgehead atoms. The van der Waals surface area contributed by atoms with E-state index in [1.54, 1.807) is 30.3 Å². The van der Waals surface area contributed by atoms with Crippen molar-refractivity contribution in [2.45, 2.75) is 44.2 Å². The number of ether oxygens (including phenoxy) is 2. The fourth-order valence-corrected chi connectivity index (χ4v) is 5.38.